The molecule has 0 spiro atoms. The summed E-state index contributed by atoms with van der Waals surface area (Å²) >= 11 is 4.92. The van der Waals surface area contributed by atoms with E-state index in [1.807, 2.05) is 18.2 Å². The van der Waals surface area contributed by atoms with Crippen LogP contribution in [0.5, 0.6) is 5.75 Å². The van der Waals surface area contributed by atoms with E-state index < -0.39 is 4.92 Å². The molecule has 0 saturated heterocycles. The summed E-state index contributed by atoms with van der Waals surface area (Å²) in [6.07, 6.45) is 0. The SMILES string of the molecule is COc1cc(CSc2cc(Br)ccc2N)cc([N+](=O)[O-])c1. The topological polar surface area (TPSA) is 78.4 Å². The molecule has 0 aromatic heterocycles. The van der Waals surface area contributed by atoms with Crippen LogP contribution in [0, 0.1) is 10.1 Å². The van der Waals surface area contributed by atoms with Crippen LogP contribution in [0.1, 0.15) is 5.56 Å². The smallest absolute Gasteiger partial charge is 0.273 e. The van der Waals surface area contributed by atoms with Gasteiger partial charge in [0, 0.05) is 26.9 Å². The maximum Gasteiger partial charge on any atom is 0.273 e. The average Bonchev–Trinajstić information content (AvgIpc) is 2.47. The van der Waals surface area contributed by atoms with Crippen molar-refractivity contribution in [1.82, 2.24) is 0 Å². The predicted octanol–water partition coefficient (Wildman–Crippen LogP) is 4.24. The van der Waals surface area contributed by atoms with Crippen LogP contribution in [0.2, 0.25) is 0 Å². The zero-order valence-electron chi connectivity index (χ0n) is 11.2. The van der Waals surface area contributed by atoms with Crippen LogP contribution in [0.15, 0.2) is 45.8 Å². The highest BCUT2D eigenvalue weighted by molar-refractivity contribution is 9.10. The van der Waals surface area contributed by atoms with Gasteiger partial charge < -0.3 is 10.5 Å². The number of non-ortho nitro benzene ring substituents is 1. The van der Waals surface area contributed by atoms with Gasteiger partial charge in [-0.25, -0.2) is 0 Å². The van der Waals surface area contributed by atoms with Crippen molar-refractivity contribution in [2.24, 2.45) is 0 Å². The van der Waals surface area contributed by atoms with Crippen LogP contribution in [-0.4, -0.2) is 12.0 Å². The molecule has 0 aliphatic rings. The number of anilines is 1. The Bertz CT molecular complexity index is 679. The fraction of sp³-hybridized carbons (Fsp3) is 0.143. The first-order valence-electron chi connectivity index (χ1n) is 6.00. The number of hydrogen-bond donors (Lipinski definition) is 1. The molecule has 5 nitrogen and oxygen atoms in total. The molecular weight excluding hydrogens is 356 g/mol. The summed E-state index contributed by atoms with van der Waals surface area (Å²) in [6.45, 7) is 0. The van der Waals surface area contributed by atoms with Crippen LogP contribution in [0.4, 0.5) is 11.4 Å². The minimum atomic E-state index is -0.426. The number of methoxy groups -OCH3 is 1. The fourth-order valence-electron chi connectivity index (χ4n) is 1.74. The van der Waals surface area contributed by atoms with E-state index >= 15 is 0 Å². The van der Waals surface area contributed by atoms with E-state index in [4.69, 9.17) is 10.5 Å². The average molecular weight is 369 g/mol. The van der Waals surface area contributed by atoms with Crippen LogP contribution >= 0.6 is 27.7 Å². The highest BCUT2D eigenvalue weighted by Gasteiger charge is 2.11. The maximum absolute atomic E-state index is 10.9. The van der Waals surface area contributed by atoms with Crippen LogP contribution in [0.3, 0.4) is 0 Å². The standard InChI is InChI=1S/C14H13BrN2O3S/c1-20-12-5-9(4-11(7-12)17(18)19)8-21-14-6-10(15)2-3-13(14)16/h2-7H,8,16H2,1H3. The molecule has 0 heterocycles. The Balaban J connectivity index is 2.21. The Morgan fingerprint density at radius 1 is 1.33 bits per heavy atom. The van der Waals surface area contributed by atoms with Crippen LogP contribution in [0.25, 0.3) is 0 Å². The molecule has 21 heavy (non-hydrogen) atoms. The largest absolute Gasteiger partial charge is 0.496 e. The number of nitrogens with zero attached hydrogens (tertiary/aromatic N) is 1. The summed E-state index contributed by atoms with van der Waals surface area (Å²) in [4.78, 5) is 11.4. The first kappa shape index (κ1) is 15.7. The van der Waals surface area contributed by atoms with Gasteiger partial charge in [-0.1, -0.05) is 15.9 Å². The van der Waals surface area contributed by atoms with Gasteiger partial charge in [-0.05, 0) is 29.8 Å². The minimum Gasteiger partial charge on any atom is -0.496 e. The second-order valence-electron chi connectivity index (χ2n) is 4.27. The number of halogens is 1. The van der Waals surface area contributed by atoms with Crippen molar-refractivity contribution in [3.63, 3.8) is 0 Å². The predicted molar refractivity (Wildman–Crippen MR) is 87.8 cm³/mol. The van der Waals surface area contributed by atoms with E-state index in [0.717, 1.165) is 14.9 Å². The molecule has 2 aromatic rings. The number of nitro groups is 1. The Labute approximate surface area is 134 Å². The monoisotopic (exact) mass is 368 g/mol. The molecule has 2 N–H and O–H groups in total. The number of nitrogen functional groups attached to an aromatic ring is 1. The fourth-order valence-corrected chi connectivity index (χ4v) is 3.19. The zero-order chi connectivity index (χ0) is 15.4. The molecule has 2 aromatic carbocycles. The molecule has 0 bridgehead atoms. The first-order chi connectivity index (χ1) is 9.99. The summed E-state index contributed by atoms with van der Waals surface area (Å²) in [6, 6.07) is 10.4. The molecule has 0 fully saturated rings. The highest BCUT2D eigenvalue weighted by Crippen LogP contribution is 2.32. The third-order valence-corrected chi connectivity index (χ3v) is 4.40. The van der Waals surface area contributed by atoms with Crippen molar-refractivity contribution in [1.29, 1.82) is 0 Å². The van der Waals surface area contributed by atoms with Crippen LogP contribution in [-0.2, 0) is 5.75 Å². The Morgan fingerprint density at radius 3 is 2.76 bits per heavy atom. The van der Waals surface area contributed by atoms with E-state index in [-0.39, 0.29) is 5.69 Å². The first-order valence-corrected chi connectivity index (χ1v) is 7.77. The minimum absolute atomic E-state index is 0.0205. The lowest BCUT2D eigenvalue weighted by Crippen LogP contribution is -1.93. The second kappa shape index (κ2) is 6.82. The number of thioether (sulfide) groups is 1. The van der Waals surface area contributed by atoms with E-state index in [1.54, 1.807) is 12.1 Å². The summed E-state index contributed by atoms with van der Waals surface area (Å²) in [5.41, 5.74) is 7.43. The lowest BCUT2D eigenvalue weighted by atomic mass is 10.2. The van der Waals surface area contributed by atoms with Gasteiger partial charge in [0.15, 0.2) is 0 Å². The Kier molecular flexibility index (Phi) is 5.08. The Hall–Kier alpha value is -1.73. The normalized spacial score (nSPS) is 10.4. The van der Waals surface area contributed by atoms with Gasteiger partial charge in [0.05, 0.1) is 18.1 Å². The third kappa shape index (κ3) is 4.12. The molecule has 0 amide bonds. The number of benzene rings is 2. The van der Waals surface area contributed by atoms with Crippen molar-refractivity contribution >= 4 is 39.1 Å². The van der Waals surface area contributed by atoms with E-state index in [0.29, 0.717) is 17.2 Å². The summed E-state index contributed by atoms with van der Waals surface area (Å²) in [5.74, 6) is 1.04. The van der Waals surface area contributed by atoms with E-state index in [1.165, 1.54) is 24.9 Å². The molecule has 2 rings (SSSR count). The highest BCUT2D eigenvalue weighted by atomic mass is 79.9. The Morgan fingerprint density at radius 2 is 2.10 bits per heavy atom. The van der Waals surface area contributed by atoms with Gasteiger partial charge >= 0.3 is 0 Å². The van der Waals surface area contributed by atoms with Crippen molar-refractivity contribution in [3.05, 3.63) is 56.5 Å². The van der Waals surface area contributed by atoms with Crippen molar-refractivity contribution in [3.8, 4) is 5.75 Å². The molecular formula is C14H13BrN2O3S. The number of nitro benzene ring substituents is 1. The lowest BCUT2D eigenvalue weighted by molar-refractivity contribution is -0.385. The molecule has 0 aliphatic carbocycles. The molecule has 0 atom stereocenters. The molecule has 110 valence electrons. The van der Waals surface area contributed by atoms with E-state index in [2.05, 4.69) is 15.9 Å². The number of rotatable bonds is 5. The van der Waals surface area contributed by atoms with Gasteiger partial charge in [-0.3, -0.25) is 10.1 Å². The summed E-state index contributed by atoms with van der Waals surface area (Å²) in [5, 5.41) is 10.9. The quantitative estimate of drug-likeness (QED) is 0.369. The number of ether oxygens (including phenoxy) is 1. The second-order valence-corrected chi connectivity index (χ2v) is 6.20. The van der Waals surface area contributed by atoms with Crippen molar-refractivity contribution in [2.75, 3.05) is 12.8 Å². The maximum atomic E-state index is 10.9. The lowest BCUT2D eigenvalue weighted by Gasteiger charge is -2.07. The zero-order valence-corrected chi connectivity index (χ0v) is 13.6. The molecule has 0 radical (unpaired) electrons. The van der Waals surface area contributed by atoms with Crippen LogP contribution < -0.4 is 10.5 Å². The molecule has 0 aliphatic heterocycles. The number of hydrogen-bond acceptors (Lipinski definition) is 5. The van der Waals surface area contributed by atoms with Crippen molar-refractivity contribution < 1.29 is 9.66 Å². The number of nitrogens with two attached hydrogens (primary N) is 1. The summed E-state index contributed by atoms with van der Waals surface area (Å²) < 4.78 is 6.04. The van der Waals surface area contributed by atoms with Gasteiger partial charge in [0.25, 0.3) is 5.69 Å². The van der Waals surface area contributed by atoms with Crippen molar-refractivity contribution in [2.45, 2.75) is 10.6 Å². The van der Waals surface area contributed by atoms with Gasteiger partial charge in [0.2, 0.25) is 0 Å². The summed E-state index contributed by atoms with van der Waals surface area (Å²) in [7, 11) is 1.49. The van der Waals surface area contributed by atoms with Gasteiger partial charge in [0.1, 0.15) is 5.75 Å². The molecule has 7 heteroatoms. The van der Waals surface area contributed by atoms with E-state index in [9.17, 15) is 10.1 Å². The molecule has 0 saturated carbocycles. The third-order valence-electron chi connectivity index (χ3n) is 2.77. The van der Waals surface area contributed by atoms with Gasteiger partial charge in [-0.15, -0.1) is 11.8 Å². The van der Waals surface area contributed by atoms with Gasteiger partial charge in [-0.2, -0.15) is 0 Å². The molecule has 0 unspecified atom stereocenters.